The Morgan fingerprint density at radius 2 is 0.938 bits per heavy atom. The second-order valence-electron chi connectivity index (χ2n) is 12.2. The van der Waals surface area contributed by atoms with E-state index in [0.717, 1.165) is 55.0 Å². The zero-order valence-electron chi connectivity index (χ0n) is 26.3. The average Bonchev–Trinajstić information content (AvgIpc) is 3.54. The Morgan fingerprint density at radius 1 is 0.396 bits per heavy atom. The van der Waals surface area contributed by atoms with Gasteiger partial charge in [0.2, 0.25) is 0 Å². The summed E-state index contributed by atoms with van der Waals surface area (Å²) >= 11 is 0. The van der Waals surface area contributed by atoms with Crippen LogP contribution >= 0.6 is 0 Å². The molecule has 0 radical (unpaired) electrons. The molecule has 48 heavy (non-hydrogen) atoms. The molecule has 7 aromatic carbocycles. The molecule has 0 fully saturated rings. The molecule has 0 unspecified atom stereocenters. The van der Waals surface area contributed by atoms with E-state index < -0.39 is 0 Å². The molecule has 0 aliphatic carbocycles. The Bertz CT molecular complexity index is 2620. The van der Waals surface area contributed by atoms with E-state index in [1.807, 2.05) is 42.5 Å². The minimum Gasteiger partial charge on any atom is -0.456 e. The summed E-state index contributed by atoms with van der Waals surface area (Å²) in [7, 11) is 0. The Labute approximate surface area is 278 Å². The third kappa shape index (κ3) is 5.01. The van der Waals surface area contributed by atoms with E-state index in [-0.39, 0.29) is 0 Å². The molecule has 0 aliphatic heterocycles. The van der Waals surface area contributed by atoms with Gasteiger partial charge >= 0.3 is 0 Å². The number of aromatic nitrogens is 3. The molecular formula is C44H29N3O. The van der Waals surface area contributed by atoms with E-state index in [0.29, 0.717) is 17.5 Å². The summed E-state index contributed by atoms with van der Waals surface area (Å²) in [4.78, 5) is 15.2. The van der Waals surface area contributed by atoms with Crippen molar-refractivity contribution in [2.24, 2.45) is 0 Å². The van der Waals surface area contributed by atoms with Crippen molar-refractivity contribution < 1.29 is 4.42 Å². The van der Waals surface area contributed by atoms with Crippen LogP contribution in [0.15, 0.2) is 162 Å². The summed E-state index contributed by atoms with van der Waals surface area (Å²) in [6, 6.07) is 54.8. The van der Waals surface area contributed by atoms with E-state index in [4.69, 9.17) is 19.4 Å². The number of benzene rings is 7. The van der Waals surface area contributed by atoms with Crippen LogP contribution in [0.25, 0.3) is 89.1 Å². The second kappa shape index (κ2) is 11.4. The summed E-state index contributed by atoms with van der Waals surface area (Å²) in [6.45, 7) is 2.08. The lowest BCUT2D eigenvalue weighted by Gasteiger charge is -2.11. The van der Waals surface area contributed by atoms with Gasteiger partial charge in [0.1, 0.15) is 11.2 Å². The molecule has 0 bridgehead atoms. The molecule has 226 valence electrons. The highest BCUT2D eigenvalue weighted by atomic mass is 16.3. The Kier molecular flexibility index (Phi) is 6.65. The molecule has 9 aromatic rings. The zero-order chi connectivity index (χ0) is 32.0. The fraction of sp³-hybridized carbons (Fsp3) is 0.0227. The van der Waals surface area contributed by atoms with E-state index in [1.54, 1.807) is 0 Å². The van der Waals surface area contributed by atoms with Gasteiger partial charge in [-0.2, -0.15) is 0 Å². The quantitative estimate of drug-likeness (QED) is 0.193. The summed E-state index contributed by atoms with van der Waals surface area (Å²) in [5.41, 5.74) is 10.4. The first-order valence-corrected chi connectivity index (χ1v) is 16.1. The molecule has 0 aliphatic rings. The van der Waals surface area contributed by atoms with Gasteiger partial charge in [0.05, 0.1) is 0 Å². The van der Waals surface area contributed by atoms with E-state index >= 15 is 0 Å². The second-order valence-corrected chi connectivity index (χ2v) is 12.2. The van der Waals surface area contributed by atoms with Crippen LogP contribution in [0.2, 0.25) is 0 Å². The van der Waals surface area contributed by atoms with E-state index in [9.17, 15) is 0 Å². The fourth-order valence-electron chi connectivity index (χ4n) is 6.55. The summed E-state index contributed by atoms with van der Waals surface area (Å²) in [5.74, 6) is 1.88. The van der Waals surface area contributed by atoms with Crippen LogP contribution in [-0.2, 0) is 0 Å². The lowest BCUT2D eigenvalue weighted by Crippen LogP contribution is -2.00. The lowest BCUT2D eigenvalue weighted by atomic mass is 9.97. The number of hydrogen-bond acceptors (Lipinski definition) is 4. The maximum atomic E-state index is 6.20. The zero-order valence-corrected chi connectivity index (χ0v) is 26.3. The van der Waals surface area contributed by atoms with Gasteiger partial charge in [0.15, 0.2) is 17.5 Å². The van der Waals surface area contributed by atoms with Crippen molar-refractivity contribution in [2.45, 2.75) is 6.92 Å². The monoisotopic (exact) mass is 615 g/mol. The SMILES string of the molecule is Cc1cccc(-c2nc(-c3ccc4cc(-c5ccc(-c6ccccc6)cc5)ccc4c3)nc(-c3cccc4oc5ccccc5c34)n2)c1. The Morgan fingerprint density at radius 3 is 1.71 bits per heavy atom. The van der Waals surface area contributed by atoms with Crippen molar-refractivity contribution in [3.8, 4) is 56.4 Å². The van der Waals surface area contributed by atoms with Crippen molar-refractivity contribution in [3.63, 3.8) is 0 Å². The normalized spacial score (nSPS) is 11.4. The molecule has 2 heterocycles. The molecule has 4 heteroatoms. The van der Waals surface area contributed by atoms with Gasteiger partial charge in [-0.1, -0.05) is 133 Å². The fourth-order valence-corrected chi connectivity index (χ4v) is 6.55. The van der Waals surface area contributed by atoms with Crippen LogP contribution in [0, 0.1) is 6.92 Å². The summed E-state index contributed by atoms with van der Waals surface area (Å²) in [5, 5.41) is 4.33. The topological polar surface area (TPSA) is 51.8 Å². The first kappa shape index (κ1) is 27.9. The number of nitrogens with zero attached hydrogens (tertiary/aromatic N) is 3. The number of aryl methyl sites for hydroxylation is 1. The average molecular weight is 616 g/mol. The van der Waals surface area contributed by atoms with Crippen molar-refractivity contribution >= 4 is 32.7 Å². The van der Waals surface area contributed by atoms with Crippen LogP contribution in [0.3, 0.4) is 0 Å². The standard InChI is InChI=1S/C44H29N3O/c1-28-9-7-12-35(25-28)42-45-43(47-44(46-42)38-14-8-16-40-41(38)37-13-5-6-15-39(37)48-40)36-24-23-33-26-32(21-22-34(33)27-36)31-19-17-30(18-20-31)29-10-3-2-4-11-29/h2-27H,1H3. The van der Waals surface area contributed by atoms with Gasteiger partial charge in [-0.05, 0) is 70.3 Å². The molecule has 0 atom stereocenters. The van der Waals surface area contributed by atoms with Crippen LogP contribution in [-0.4, -0.2) is 15.0 Å². The molecule has 0 N–H and O–H groups in total. The Hall–Kier alpha value is -6.39. The van der Waals surface area contributed by atoms with Crippen molar-refractivity contribution in [1.82, 2.24) is 15.0 Å². The molecular weight excluding hydrogens is 587 g/mol. The lowest BCUT2D eigenvalue weighted by molar-refractivity contribution is 0.669. The number of rotatable bonds is 5. The highest BCUT2D eigenvalue weighted by molar-refractivity contribution is 6.11. The predicted molar refractivity (Wildman–Crippen MR) is 197 cm³/mol. The van der Waals surface area contributed by atoms with Gasteiger partial charge in [-0.3, -0.25) is 0 Å². The highest BCUT2D eigenvalue weighted by Gasteiger charge is 2.18. The number of fused-ring (bicyclic) bond motifs is 4. The maximum absolute atomic E-state index is 6.20. The minimum atomic E-state index is 0.614. The first-order valence-electron chi connectivity index (χ1n) is 16.1. The van der Waals surface area contributed by atoms with E-state index in [1.165, 1.54) is 22.3 Å². The molecule has 0 spiro atoms. The summed E-state index contributed by atoms with van der Waals surface area (Å²) < 4.78 is 6.20. The van der Waals surface area contributed by atoms with Gasteiger partial charge in [-0.15, -0.1) is 0 Å². The summed E-state index contributed by atoms with van der Waals surface area (Å²) in [6.07, 6.45) is 0. The number of furan rings is 1. The van der Waals surface area contributed by atoms with Gasteiger partial charge < -0.3 is 4.42 Å². The van der Waals surface area contributed by atoms with Gasteiger partial charge in [0, 0.05) is 27.5 Å². The van der Waals surface area contributed by atoms with Crippen LogP contribution in [0.1, 0.15) is 5.56 Å². The molecule has 0 amide bonds. The Balaban J connectivity index is 1.14. The van der Waals surface area contributed by atoms with Crippen LogP contribution in [0.5, 0.6) is 0 Å². The van der Waals surface area contributed by atoms with Gasteiger partial charge in [0.25, 0.3) is 0 Å². The molecule has 0 saturated carbocycles. The van der Waals surface area contributed by atoms with Crippen LogP contribution < -0.4 is 0 Å². The predicted octanol–water partition coefficient (Wildman–Crippen LogP) is 11.6. The third-order valence-electron chi connectivity index (χ3n) is 8.98. The van der Waals surface area contributed by atoms with Crippen molar-refractivity contribution in [2.75, 3.05) is 0 Å². The largest absolute Gasteiger partial charge is 0.456 e. The number of para-hydroxylation sites is 1. The first-order chi connectivity index (χ1) is 23.7. The molecule has 0 saturated heterocycles. The van der Waals surface area contributed by atoms with Crippen molar-refractivity contribution in [3.05, 3.63) is 163 Å². The molecule has 4 nitrogen and oxygen atoms in total. The highest BCUT2D eigenvalue weighted by Crippen LogP contribution is 2.37. The number of hydrogen-bond donors (Lipinski definition) is 0. The molecule has 9 rings (SSSR count). The maximum Gasteiger partial charge on any atom is 0.164 e. The van der Waals surface area contributed by atoms with Gasteiger partial charge in [-0.25, -0.2) is 15.0 Å². The van der Waals surface area contributed by atoms with Crippen molar-refractivity contribution in [1.29, 1.82) is 0 Å². The van der Waals surface area contributed by atoms with Crippen LogP contribution in [0.4, 0.5) is 0 Å². The minimum absolute atomic E-state index is 0.614. The molecule has 2 aromatic heterocycles. The van der Waals surface area contributed by atoms with E-state index in [2.05, 4.69) is 122 Å². The smallest absolute Gasteiger partial charge is 0.164 e. The third-order valence-corrected chi connectivity index (χ3v) is 8.98.